The number of thiocarbonyl (C=S) groups is 2. The van der Waals surface area contributed by atoms with Crippen molar-refractivity contribution in [3.05, 3.63) is 24.0 Å². The molecule has 1 atom stereocenters. The Morgan fingerprint density at radius 3 is 2.73 bits per heavy atom. The fourth-order valence-corrected chi connectivity index (χ4v) is 3.16. The van der Waals surface area contributed by atoms with Gasteiger partial charge in [-0.2, -0.15) is 0 Å². The summed E-state index contributed by atoms with van der Waals surface area (Å²) in [5.41, 5.74) is 0.785. The number of benzene rings is 1. The van der Waals surface area contributed by atoms with Crippen molar-refractivity contribution in [2.75, 3.05) is 43.0 Å². The second kappa shape index (κ2) is 8.90. The first-order chi connectivity index (χ1) is 11.9. The van der Waals surface area contributed by atoms with Crippen LogP contribution < -0.4 is 15.1 Å². The molecule has 11 heteroatoms. The van der Waals surface area contributed by atoms with E-state index < -0.39 is 18.0 Å². The number of nitrogens with zero attached hydrogens (tertiary/aromatic N) is 3. The average molecular weight is 525 g/mol. The topological polar surface area (TPSA) is 68.3 Å². The Balaban J connectivity index is 0.00000243. The summed E-state index contributed by atoms with van der Waals surface area (Å²) >= 11 is 9.80. The van der Waals surface area contributed by atoms with Crippen molar-refractivity contribution in [2.24, 2.45) is 0 Å². The van der Waals surface area contributed by atoms with Gasteiger partial charge in [0.1, 0.15) is 11.9 Å². The van der Waals surface area contributed by atoms with Gasteiger partial charge < -0.3 is 25.0 Å². The second-order valence-corrected chi connectivity index (χ2v) is 6.55. The summed E-state index contributed by atoms with van der Waals surface area (Å²) in [6.07, 6.45) is -1.06. The molecule has 2 heterocycles. The standard InChI is InChI=1S/C15H17FN4O3S2.Pr/c1-18-4-5-19(14(18)25)12-3-2-9(6-11(12)16)20-8-10(23-15(20)22)7-17-13(21)24;/h2-3,6,10H,4-5,7-8H2,1H3,(H2,17,21,24);. The Morgan fingerprint density at radius 1 is 1.42 bits per heavy atom. The van der Waals surface area contributed by atoms with E-state index in [9.17, 15) is 9.18 Å². The molecule has 1 aromatic carbocycles. The summed E-state index contributed by atoms with van der Waals surface area (Å²) in [5.74, 6) is -0.457. The average Bonchev–Trinajstić information content (AvgIpc) is 3.09. The fourth-order valence-electron chi connectivity index (χ4n) is 2.79. The smallest absolute Gasteiger partial charge is 0.414 e. The van der Waals surface area contributed by atoms with Crippen LogP contribution in [0.5, 0.6) is 0 Å². The summed E-state index contributed by atoms with van der Waals surface area (Å²) in [4.78, 5) is 16.9. The van der Waals surface area contributed by atoms with E-state index in [1.807, 2.05) is 11.9 Å². The molecule has 0 aliphatic carbocycles. The van der Waals surface area contributed by atoms with E-state index >= 15 is 0 Å². The molecule has 2 aliphatic rings. The third-order valence-corrected chi connectivity index (χ3v) is 4.78. The number of aliphatic hydroxyl groups is 1. The molecule has 2 aliphatic heterocycles. The predicted octanol–water partition coefficient (Wildman–Crippen LogP) is 1.62. The summed E-state index contributed by atoms with van der Waals surface area (Å²) in [7, 11) is 1.86. The van der Waals surface area contributed by atoms with Gasteiger partial charge in [0.25, 0.3) is 5.17 Å². The molecule has 1 unspecified atom stereocenters. The zero-order valence-electron chi connectivity index (χ0n) is 14.0. The number of likely N-dealkylation sites (N-methyl/N-ethyl adjacent to an activating group) is 1. The van der Waals surface area contributed by atoms with Crippen LogP contribution in [0.4, 0.5) is 20.6 Å². The van der Waals surface area contributed by atoms with Crippen molar-refractivity contribution < 1.29 is 60.3 Å². The first kappa shape index (κ1) is 21.5. The largest absolute Gasteiger partial charge is 0.487 e. The normalized spacial score (nSPS) is 19.5. The van der Waals surface area contributed by atoms with Crippen LogP contribution >= 0.6 is 24.4 Å². The van der Waals surface area contributed by atoms with Crippen LogP contribution in [0.2, 0.25) is 0 Å². The van der Waals surface area contributed by atoms with Gasteiger partial charge in [-0.1, -0.05) is 0 Å². The van der Waals surface area contributed by atoms with Gasteiger partial charge in [0.15, 0.2) is 5.11 Å². The van der Waals surface area contributed by atoms with Crippen molar-refractivity contribution in [3.63, 3.8) is 0 Å². The van der Waals surface area contributed by atoms with Crippen molar-refractivity contribution >= 4 is 52.2 Å². The number of anilines is 2. The van der Waals surface area contributed by atoms with Gasteiger partial charge in [-0.3, -0.25) is 4.90 Å². The molecule has 1 radical (unpaired) electrons. The molecule has 0 bridgehead atoms. The Bertz CT molecular complexity index is 739. The van der Waals surface area contributed by atoms with Crippen LogP contribution in [0.25, 0.3) is 0 Å². The van der Waals surface area contributed by atoms with Gasteiger partial charge in [0, 0.05) is 61.4 Å². The predicted molar refractivity (Wildman–Crippen MR) is 99.8 cm³/mol. The Labute approximate surface area is 194 Å². The number of halogens is 1. The number of hydrogen-bond donors (Lipinski definition) is 2. The van der Waals surface area contributed by atoms with Crippen molar-refractivity contribution in [1.29, 1.82) is 0 Å². The molecule has 1 amide bonds. The minimum absolute atomic E-state index is 0. The molecule has 7 nitrogen and oxygen atoms in total. The first-order valence-electron chi connectivity index (χ1n) is 7.64. The summed E-state index contributed by atoms with van der Waals surface area (Å²) in [6, 6.07) is 4.56. The molecule has 1 aromatic rings. The maximum atomic E-state index is 14.6. The minimum atomic E-state index is -0.570. The number of carbonyl (C=O) groups is 1. The molecule has 2 saturated heterocycles. The van der Waals surface area contributed by atoms with E-state index in [2.05, 4.69) is 17.5 Å². The third-order valence-electron chi connectivity index (χ3n) is 4.11. The fraction of sp³-hybridized carbons (Fsp3) is 0.400. The van der Waals surface area contributed by atoms with Crippen molar-refractivity contribution in [2.45, 2.75) is 6.10 Å². The van der Waals surface area contributed by atoms with Crippen LogP contribution in [0.1, 0.15) is 0 Å². The molecule has 137 valence electrons. The van der Waals surface area contributed by atoms with Gasteiger partial charge in [0.2, 0.25) is 0 Å². The second-order valence-electron chi connectivity index (χ2n) is 5.79. The van der Waals surface area contributed by atoms with Gasteiger partial charge in [0.05, 0.1) is 24.5 Å². The van der Waals surface area contributed by atoms with Crippen molar-refractivity contribution in [3.8, 4) is 0 Å². The van der Waals surface area contributed by atoms with Gasteiger partial charge in [-0.25, -0.2) is 9.18 Å². The van der Waals surface area contributed by atoms with Crippen LogP contribution in [-0.4, -0.2) is 65.7 Å². The van der Waals surface area contributed by atoms with E-state index in [1.54, 1.807) is 17.0 Å². The number of nitrogens with one attached hydrogen (secondary N) is 1. The van der Waals surface area contributed by atoms with E-state index in [1.165, 1.54) is 11.0 Å². The molecular weight excluding hydrogens is 508 g/mol. The van der Waals surface area contributed by atoms with E-state index in [0.717, 1.165) is 6.54 Å². The number of aliphatic hydroxyl groups excluding tert-OH is 1. The van der Waals surface area contributed by atoms with Gasteiger partial charge in [-0.15, -0.1) is 0 Å². The summed E-state index contributed by atoms with van der Waals surface area (Å²) in [5, 5.41) is 11.7. The van der Waals surface area contributed by atoms with Gasteiger partial charge in [-0.05, 0) is 42.6 Å². The maximum Gasteiger partial charge on any atom is 0.414 e. The zero-order chi connectivity index (χ0) is 18.1. The minimum Gasteiger partial charge on any atom is -0.487 e. The number of carbonyl (C=O) groups excluding carboxylic acids is 1. The molecule has 0 saturated carbocycles. The Hall–Kier alpha value is -0.836. The number of cyclic esters (lactones) is 1. The molecule has 0 spiro atoms. The number of rotatable bonds is 4. The molecule has 26 heavy (non-hydrogen) atoms. The Kier molecular flexibility index (Phi) is 7.35. The molecule has 2 N–H and O–H groups in total. The monoisotopic (exact) mass is 525 g/mol. The molecule has 0 aromatic heterocycles. The molecular formula is C15H17FN4O3PrS2. The van der Waals surface area contributed by atoms with Gasteiger partial charge >= 0.3 is 6.09 Å². The van der Waals surface area contributed by atoms with E-state index in [0.29, 0.717) is 23.0 Å². The van der Waals surface area contributed by atoms with Crippen LogP contribution in [0, 0.1) is 47.1 Å². The summed E-state index contributed by atoms with van der Waals surface area (Å²) < 4.78 is 19.7. The van der Waals surface area contributed by atoms with Crippen LogP contribution in [0.15, 0.2) is 18.2 Å². The van der Waals surface area contributed by atoms with E-state index in [4.69, 9.17) is 22.1 Å². The number of hydrogen-bond acceptors (Lipinski definition) is 4. The number of ether oxygens (including phenoxy) is 1. The summed E-state index contributed by atoms with van der Waals surface area (Å²) in [6.45, 7) is 1.77. The quantitative estimate of drug-likeness (QED) is 0.576. The SMILES string of the molecule is CN1CCN(c2ccc(N3CC(CNC(O)=S)OC3=O)cc2F)C1=S.[Pr]. The maximum absolute atomic E-state index is 14.6. The molecule has 2 fully saturated rings. The van der Waals surface area contributed by atoms with Crippen molar-refractivity contribution in [1.82, 2.24) is 10.2 Å². The van der Waals surface area contributed by atoms with Crippen LogP contribution in [-0.2, 0) is 4.74 Å². The van der Waals surface area contributed by atoms with Crippen LogP contribution in [0.3, 0.4) is 0 Å². The first-order valence-corrected chi connectivity index (χ1v) is 8.45. The Morgan fingerprint density at radius 2 is 2.15 bits per heavy atom. The zero-order valence-corrected chi connectivity index (χ0v) is 19.4. The molecule has 3 rings (SSSR count). The number of amides is 1. The third kappa shape index (κ3) is 4.52. The van der Waals surface area contributed by atoms with E-state index in [-0.39, 0.29) is 59.6 Å².